The van der Waals surface area contributed by atoms with Gasteiger partial charge in [-0.05, 0) is 38.5 Å². The van der Waals surface area contributed by atoms with Crippen LogP contribution in [-0.4, -0.2) is 47.8 Å². The fourth-order valence-corrected chi connectivity index (χ4v) is 2.72. The summed E-state index contributed by atoms with van der Waals surface area (Å²) in [5.74, 6) is 0.615. The van der Waals surface area contributed by atoms with E-state index in [1.807, 2.05) is 11.8 Å². The monoisotopic (exact) mass is 227 g/mol. The smallest absolute Gasteiger partial charge is 0.254 e. The number of likely N-dealkylation sites (tertiary alicyclic amines) is 1. The average molecular weight is 227 g/mol. The first-order chi connectivity index (χ1) is 7.65. The molecule has 0 spiro atoms. The van der Waals surface area contributed by atoms with E-state index in [2.05, 4.69) is 0 Å². The molecule has 0 saturated carbocycles. The number of amides is 1. The molecule has 2 unspecified atom stereocenters. The Morgan fingerprint density at radius 2 is 2.44 bits per heavy atom. The van der Waals surface area contributed by atoms with Gasteiger partial charge in [0, 0.05) is 26.3 Å². The molecule has 1 N–H and O–H groups in total. The lowest BCUT2D eigenvalue weighted by molar-refractivity contribution is -0.150. The van der Waals surface area contributed by atoms with E-state index in [0.717, 1.165) is 38.8 Å². The molecule has 2 saturated heterocycles. The quantitative estimate of drug-likeness (QED) is 0.775. The number of hydrogen-bond donors (Lipinski definition) is 1. The highest BCUT2D eigenvalue weighted by Gasteiger charge is 2.42. The van der Waals surface area contributed by atoms with Gasteiger partial charge in [-0.25, -0.2) is 0 Å². The van der Waals surface area contributed by atoms with Gasteiger partial charge < -0.3 is 14.7 Å². The zero-order valence-corrected chi connectivity index (χ0v) is 9.95. The van der Waals surface area contributed by atoms with Crippen molar-refractivity contribution in [3.05, 3.63) is 0 Å². The Morgan fingerprint density at radius 3 is 3.06 bits per heavy atom. The number of aliphatic hydroxyl groups is 1. The Balaban J connectivity index is 1.91. The molecule has 0 aromatic carbocycles. The van der Waals surface area contributed by atoms with Crippen LogP contribution in [0.2, 0.25) is 0 Å². The second-order valence-electron chi connectivity index (χ2n) is 5.10. The molecule has 1 amide bonds. The summed E-state index contributed by atoms with van der Waals surface area (Å²) in [6, 6.07) is 0. The third-order valence-electron chi connectivity index (χ3n) is 3.78. The van der Waals surface area contributed by atoms with Crippen LogP contribution in [0.1, 0.15) is 32.6 Å². The van der Waals surface area contributed by atoms with E-state index in [1.54, 1.807) is 0 Å². The molecule has 0 aromatic heterocycles. The summed E-state index contributed by atoms with van der Waals surface area (Å²) in [6.45, 7) is 4.44. The summed E-state index contributed by atoms with van der Waals surface area (Å²) in [5, 5.41) is 8.89. The number of aliphatic hydroxyl groups excluding tert-OH is 1. The molecule has 2 atom stereocenters. The van der Waals surface area contributed by atoms with Gasteiger partial charge in [0.2, 0.25) is 0 Å². The summed E-state index contributed by atoms with van der Waals surface area (Å²) in [4.78, 5) is 14.2. The molecule has 2 heterocycles. The Hall–Kier alpha value is -0.610. The number of hydrogen-bond acceptors (Lipinski definition) is 3. The van der Waals surface area contributed by atoms with E-state index in [0.29, 0.717) is 12.5 Å². The van der Waals surface area contributed by atoms with Crippen molar-refractivity contribution in [1.82, 2.24) is 4.90 Å². The summed E-state index contributed by atoms with van der Waals surface area (Å²) in [6.07, 6.45) is 3.65. The van der Waals surface area contributed by atoms with Gasteiger partial charge in [-0.1, -0.05) is 0 Å². The maximum Gasteiger partial charge on any atom is 0.254 e. The van der Waals surface area contributed by atoms with E-state index in [4.69, 9.17) is 9.84 Å². The van der Waals surface area contributed by atoms with Crippen LogP contribution < -0.4 is 0 Å². The minimum Gasteiger partial charge on any atom is -0.396 e. The van der Waals surface area contributed by atoms with Gasteiger partial charge in [0.25, 0.3) is 5.91 Å². The second kappa shape index (κ2) is 4.72. The molecule has 4 nitrogen and oxygen atoms in total. The number of ether oxygens (including phenoxy) is 1. The molecule has 0 radical (unpaired) electrons. The van der Waals surface area contributed by atoms with Gasteiger partial charge >= 0.3 is 0 Å². The number of rotatable bonds is 3. The SMILES string of the molecule is CC1(C(=O)N2CCC(CCO)C2)CCCO1. The lowest BCUT2D eigenvalue weighted by Crippen LogP contribution is -2.45. The van der Waals surface area contributed by atoms with Crippen molar-refractivity contribution in [2.24, 2.45) is 5.92 Å². The van der Waals surface area contributed by atoms with Gasteiger partial charge in [-0.15, -0.1) is 0 Å². The van der Waals surface area contributed by atoms with Crippen molar-refractivity contribution >= 4 is 5.91 Å². The third kappa shape index (κ3) is 2.23. The molecule has 2 rings (SSSR count). The Labute approximate surface area is 96.6 Å². The average Bonchev–Trinajstić information content (AvgIpc) is 2.88. The summed E-state index contributed by atoms with van der Waals surface area (Å²) in [7, 11) is 0. The highest BCUT2D eigenvalue weighted by Crippen LogP contribution is 2.30. The minimum atomic E-state index is -0.575. The molecule has 0 aliphatic carbocycles. The topological polar surface area (TPSA) is 49.8 Å². The molecule has 16 heavy (non-hydrogen) atoms. The molecule has 2 fully saturated rings. The molecule has 4 heteroatoms. The molecule has 0 bridgehead atoms. The van der Waals surface area contributed by atoms with Crippen LogP contribution in [0.3, 0.4) is 0 Å². The highest BCUT2D eigenvalue weighted by atomic mass is 16.5. The minimum absolute atomic E-state index is 0.144. The largest absolute Gasteiger partial charge is 0.396 e. The highest BCUT2D eigenvalue weighted by molar-refractivity contribution is 5.85. The first-order valence-corrected chi connectivity index (χ1v) is 6.20. The van der Waals surface area contributed by atoms with Gasteiger partial charge in [0.05, 0.1) is 0 Å². The van der Waals surface area contributed by atoms with Gasteiger partial charge in [-0.2, -0.15) is 0 Å². The zero-order valence-electron chi connectivity index (χ0n) is 9.95. The van der Waals surface area contributed by atoms with Crippen LogP contribution in [-0.2, 0) is 9.53 Å². The lowest BCUT2D eigenvalue weighted by atomic mass is 10.0. The first-order valence-electron chi connectivity index (χ1n) is 6.20. The molecular weight excluding hydrogens is 206 g/mol. The summed E-state index contributed by atoms with van der Waals surface area (Å²) >= 11 is 0. The van der Waals surface area contributed by atoms with Gasteiger partial charge in [0.15, 0.2) is 0 Å². The number of carbonyl (C=O) groups excluding carboxylic acids is 1. The second-order valence-corrected chi connectivity index (χ2v) is 5.10. The van der Waals surface area contributed by atoms with Gasteiger partial charge in [-0.3, -0.25) is 4.79 Å². The molecule has 0 aromatic rings. The van der Waals surface area contributed by atoms with E-state index >= 15 is 0 Å². The third-order valence-corrected chi connectivity index (χ3v) is 3.78. The van der Waals surface area contributed by atoms with E-state index in [9.17, 15) is 4.79 Å². The predicted octanol–water partition coefficient (Wildman–Crippen LogP) is 0.786. The maximum absolute atomic E-state index is 12.3. The number of nitrogens with zero attached hydrogens (tertiary/aromatic N) is 1. The van der Waals surface area contributed by atoms with Crippen LogP contribution in [0.25, 0.3) is 0 Å². The van der Waals surface area contributed by atoms with Crippen LogP contribution in [0, 0.1) is 5.92 Å². The van der Waals surface area contributed by atoms with Crippen LogP contribution >= 0.6 is 0 Å². The van der Waals surface area contributed by atoms with Crippen LogP contribution in [0.4, 0.5) is 0 Å². The van der Waals surface area contributed by atoms with E-state index in [-0.39, 0.29) is 12.5 Å². The Morgan fingerprint density at radius 1 is 1.62 bits per heavy atom. The lowest BCUT2D eigenvalue weighted by Gasteiger charge is -2.28. The zero-order chi connectivity index (χ0) is 11.6. The van der Waals surface area contributed by atoms with Crippen molar-refractivity contribution in [2.75, 3.05) is 26.3 Å². The standard InChI is InChI=1S/C12H21NO3/c1-12(5-2-8-16-12)11(15)13-6-3-10(9-13)4-7-14/h10,14H,2-9H2,1H3. The molecule has 2 aliphatic rings. The number of carbonyl (C=O) groups is 1. The fourth-order valence-electron chi connectivity index (χ4n) is 2.72. The first kappa shape index (κ1) is 11.9. The van der Waals surface area contributed by atoms with Crippen molar-refractivity contribution < 1.29 is 14.6 Å². The van der Waals surface area contributed by atoms with Crippen LogP contribution in [0.15, 0.2) is 0 Å². The van der Waals surface area contributed by atoms with Gasteiger partial charge in [0.1, 0.15) is 5.60 Å². The van der Waals surface area contributed by atoms with Crippen molar-refractivity contribution in [2.45, 2.75) is 38.2 Å². The fraction of sp³-hybridized carbons (Fsp3) is 0.917. The molecular formula is C12H21NO3. The Kier molecular flexibility index (Phi) is 3.50. The van der Waals surface area contributed by atoms with E-state index < -0.39 is 5.60 Å². The van der Waals surface area contributed by atoms with Crippen molar-refractivity contribution in [3.63, 3.8) is 0 Å². The summed E-state index contributed by atoms with van der Waals surface area (Å²) in [5.41, 5.74) is -0.575. The predicted molar refractivity (Wildman–Crippen MR) is 60.0 cm³/mol. The Bertz CT molecular complexity index is 261. The molecule has 92 valence electrons. The van der Waals surface area contributed by atoms with Crippen molar-refractivity contribution in [3.8, 4) is 0 Å². The van der Waals surface area contributed by atoms with E-state index in [1.165, 1.54) is 0 Å². The van der Waals surface area contributed by atoms with Crippen molar-refractivity contribution in [1.29, 1.82) is 0 Å². The maximum atomic E-state index is 12.3. The normalized spacial score (nSPS) is 34.6. The summed E-state index contributed by atoms with van der Waals surface area (Å²) < 4.78 is 5.57. The molecule has 2 aliphatic heterocycles. The van der Waals surface area contributed by atoms with Crippen LogP contribution in [0.5, 0.6) is 0 Å².